The molecule has 0 saturated heterocycles. The Hall–Kier alpha value is -3.42. The van der Waals surface area contributed by atoms with Crippen LogP contribution in [-0.4, -0.2) is 47.9 Å². The van der Waals surface area contributed by atoms with Gasteiger partial charge in [0.05, 0.1) is 18.4 Å². The minimum atomic E-state index is -1.11. The average Bonchev–Trinajstić information content (AvgIpc) is 3.00. The fourth-order valence-corrected chi connectivity index (χ4v) is 3.06. The van der Waals surface area contributed by atoms with E-state index in [-0.39, 0.29) is 11.3 Å². The molecular formula is C22H26N2O6. The highest BCUT2D eigenvalue weighted by atomic mass is 16.5. The second kappa shape index (κ2) is 9.39. The van der Waals surface area contributed by atoms with Crippen LogP contribution in [0.25, 0.3) is 0 Å². The highest BCUT2D eigenvalue weighted by molar-refractivity contribution is 6.04. The van der Waals surface area contributed by atoms with Gasteiger partial charge in [-0.1, -0.05) is 17.7 Å². The number of hydrogen-bond acceptors (Lipinski definition) is 6. The summed E-state index contributed by atoms with van der Waals surface area (Å²) in [5.74, 6) is -2.21. The van der Waals surface area contributed by atoms with Crippen molar-refractivity contribution in [1.29, 1.82) is 0 Å². The van der Waals surface area contributed by atoms with Crippen molar-refractivity contribution in [2.75, 3.05) is 7.11 Å². The van der Waals surface area contributed by atoms with E-state index in [1.54, 1.807) is 32.0 Å². The first-order valence-electron chi connectivity index (χ1n) is 9.46. The monoisotopic (exact) mass is 414 g/mol. The molecule has 0 aliphatic carbocycles. The molecule has 8 heteroatoms. The van der Waals surface area contributed by atoms with E-state index in [1.807, 2.05) is 13.0 Å². The van der Waals surface area contributed by atoms with Gasteiger partial charge in [-0.2, -0.15) is 0 Å². The Bertz CT molecular complexity index is 992. The lowest BCUT2D eigenvalue weighted by Gasteiger charge is -2.17. The third-order valence-electron chi connectivity index (χ3n) is 4.72. The normalized spacial score (nSPS) is 12.6. The Labute approximate surface area is 175 Å². The van der Waals surface area contributed by atoms with Crippen LogP contribution >= 0.6 is 0 Å². The molecule has 0 saturated carbocycles. The zero-order valence-corrected chi connectivity index (χ0v) is 17.9. The summed E-state index contributed by atoms with van der Waals surface area (Å²) in [4.78, 5) is 52.1. The van der Waals surface area contributed by atoms with Gasteiger partial charge in [-0.15, -0.1) is 0 Å². The number of benzene rings is 1. The molecule has 2 N–H and O–H groups in total. The highest BCUT2D eigenvalue weighted by Gasteiger charge is 2.29. The number of aromatic nitrogens is 1. The van der Waals surface area contributed by atoms with E-state index in [4.69, 9.17) is 9.47 Å². The Morgan fingerprint density at radius 1 is 1.07 bits per heavy atom. The predicted molar refractivity (Wildman–Crippen MR) is 110 cm³/mol. The van der Waals surface area contributed by atoms with Crippen molar-refractivity contribution >= 4 is 23.6 Å². The zero-order valence-electron chi connectivity index (χ0n) is 17.9. The number of ketones is 1. The molecule has 0 radical (unpaired) electrons. The summed E-state index contributed by atoms with van der Waals surface area (Å²) in [6, 6.07) is 6.00. The molecule has 0 aliphatic heterocycles. The van der Waals surface area contributed by atoms with Crippen LogP contribution in [0, 0.1) is 20.8 Å². The third-order valence-corrected chi connectivity index (χ3v) is 4.72. The average molecular weight is 414 g/mol. The van der Waals surface area contributed by atoms with Crippen molar-refractivity contribution in [3.05, 3.63) is 57.9 Å². The molecule has 2 aromatic rings. The van der Waals surface area contributed by atoms with Crippen molar-refractivity contribution in [3.63, 3.8) is 0 Å². The number of rotatable bonds is 7. The number of esters is 2. The molecule has 30 heavy (non-hydrogen) atoms. The van der Waals surface area contributed by atoms with E-state index in [2.05, 4.69) is 10.3 Å². The van der Waals surface area contributed by atoms with Crippen molar-refractivity contribution in [2.45, 2.75) is 46.8 Å². The van der Waals surface area contributed by atoms with Gasteiger partial charge in [0.1, 0.15) is 6.04 Å². The summed E-state index contributed by atoms with van der Waals surface area (Å²) in [5, 5.41) is 2.56. The Kier molecular flexibility index (Phi) is 7.15. The van der Waals surface area contributed by atoms with Crippen LogP contribution in [0.3, 0.4) is 0 Å². The molecule has 8 nitrogen and oxygen atoms in total. The molecular weight excluding hydrogens is 388 g/mol. The zero-order chi connectivity index (χ0) is 22.6. The maximum absolute atomic E-state index is 12.7. The topological polar surface area (TPSA) is 115 Å². The summed E-state index contributed by atoms with van der Waals surface area (Å²) in [6.45, 7) is 8.03. The van der Waals surface area contributed by atoms with Gasteiger partial charge in [-0.25, -0.2) is 9.59 Å². The minimum Gasteiger partial charge on any atom is -0.465 e. The van der Waals surface area contributed by atoms with Crippen LogP contribution in [0.15, 0.2) is 24.3 Å². The van der Waals surface area contributed by atoms with Gasteiger partial charge in [-0.05, 0) is 52.3 Å². The molecule has 2 atom stereocenters. The van der Waals surface area contributed by atoms with E-state index < -0.39 is 35.8 Å². The number of H-pyrrole nitrogens is 1. The third kappa shape index (κ3) is 4.94. The van der Waals surface area contributed by atoms with Crippen molar-refractivity contribution in [2.24, 2.45) is 0 Å². The number of carbonyl (C=O) groups is 4. The molecule has 0 bridgehead atoms. The molecule has 160 valence electrons. The van der Waals surface area contributed by atoms with Crippen LogP contribution < -0.4 is 5.32 Å². The lowest BCUT2D eigenvalue weighted by molar-refractivity contribution is -0.148. The second-order valence-electron chi connectivity index (χ2n) is 7.12. The number of hydrogen-bond donors (Lipinski definition) is 2. The van der Waals surface area contributed by atoms with Crippen LogP contribution in [0.4, 0.5) is 0 Å². The maximum Gasteiger partial charge on any atom is 0.339 e. The van der Waals surface area contributed by atoms with Crippen molar-refractivity contribution in [1.82, 2.24) is 10.3 Å². The van der Waals surface area contributed by atoms with E-state index >= 15 is 0 Å². The largest absolute Gasteiger partial charge is 0.465 e. The van der Waals surface area contributed by atoms with Gasteiger partial charge in [0, 0.05) is 11.3 Å². The van der Waals surface area contributed by atoms with E-state index in [0.29, 0.717) is 16.8 Å². The van der Waals surface area contributed by atoms with Crippen molar-refractivity contribution < 1.29 is 28.7 Å². The van der Waals surface area contributed by atoms with Crippen LogP contribution in [0.1, 0.15) is 61.9 Å². The number of ether oxygens (including phenoxy) is 2. The lowest BCUT2D eigenvalue weighted by Crippen LogP contribution is -2.41. The van der Waals surface area contributed by atoms with Gasteiger partial charge >= 0.3 is 11.9 Å². The first kappa shape index (κ1) is 22.9. The number of Topliss-reactive ketones (excluding diaryl/α,β-unsaturated/α-hetero) is 1. The molecule has 1 aromatic heterocycles. The summed E-state index contributed by atoms with van der Waals surface area (Å²) in [7, 11) is 1.26. The molecule has 1 aromatic carbocycles. The quantitative estimate of drug-likeness (QED) is 0.532. The fraction of sp³-hybridized carbons (Fsp3) is 0.364. The number of nitrogens with one attached hydrogen (secondary N) is 2. The van der Waals surface area contributed by atoms with Crippen LogP contribution in [0.2, 0.25) is 0 Å². The van der Waals surface area contributed by atoms with Crippen LogP contribution in [-0.2, 0) is 14.3 Å². The minimum absolute atomic E-state index is 0.171. The number of carbonyl (C=O) groups excluding carboxylic acids is 4. The van der Waals surface area contributed by atoms with E-state index in [9.17, 15) is 19.2 Å². The Balaban J connectivity index is 2.05. The molecule has 0 unspecified atom stereocenters. The number of aromatic amines is 1. The first-order valence-corrected chi connectivity index (χ1v) is 9.46. The van der Waals surface area contributed by atoms with Gasteiger partial charge in [0.25, 0.3) is 5.91 Å². The lowest BCUT2D eigenvalue weighted by atomic mass is 10.1. The Morgan fingerprint density at radius 2 is 1.73 bits per heavy atom. The second-order valence-corrected chi connectivity index (χ2v) is 7.12. The summed E-state index contributed by atoms with van der Waals surface area (Å²) >= 11 is 0. The first-order chi connectivity index (χ1) is 14.1. The fourth-order valence-electron chi connectivity index (χ4n) is 3.06. The van der Waals surface area contributed by atoms with Gasteiger partial charge in [-0.3, -0.25) is 9.59 Å². The highest BCUT2D eigenvalue weighted by Crippen LogP contribution is 2.21. The molecule has 0 fully saturated rings. The van der Waals surface area contributed by atoms with Crippen LogP contribution in [0.5, 0.6) is 0 Å². The maximum atomic E-state index is 12.7. The van der Waals surface area contributed by atoms with Gasteiger partial charge < -0.3 is 19.8 Å². The standard InChI is InChI=1S/C22H26N2O6/c1-11-8-7-9-16(10-11)20(26)24-14(4)21(27)30-15(5)19(25)18-12(2)17(13(3)23-18)22(28)29-6/h7-10,14-15,23H,1-6H3,(H,24,26)/t14-,15+/m0/s1. The van der Waals surface area contributed by atoms with Crippen molar-refractivity contribution in [3.8, 4) is 0 Å². The number of methoxy groups -OCH3 is 1. The Morgan fingerprint density at radius 3 is 2.33 bits per heavy atom. The van der Waals surface area contributed by atoms with E-state index in [1.165, 1.54) is 21.0 Å². The van der Waals surface area contributed by atoms with E-state index in [0.717, 1.165) is 5.56 Å². The number of aryl methyl sites for hydroxylation is 2. The predicted octanol–water partition coefficient (Wildman–Crippen LogP) is 2.66. The molecule has 1 heterocycles. The number of amides is 1. The molecule has 0 spiro atoms. The summed E-state index contributed by atoms with van der Waals surface area (Å²) < 4.78 is 9.97. The molecule has 0 aliphatic rings. The molecule has 1 amide bonds. The molecule has 2 rings (SSSR count). The summed E-state index contributed by atoms with van der Waals surface area (Å²) in [6.07, 6.45) is -1.11. The van der Waals surface area contributed by atoms with Gasteiger partial charge in [0.2, 0.25) is 5.78 Å². The smallest absolute Gasteiger partial charge is 0.339 e. The summed E-state index contributed by atoms with van der Waals surface area (Å²) in [5.41, 5.74) is 2.70. The van der Waals surface area contributed by atoms with Gasteiger partial charge in [0.15, 0.2) is 6.10 Å². The SMILES string of the molecule is COC(=O)c1c(C)[nH]c(C(=O)[C@@H](C)OC(=O)[C@H](C)NC(=O)c2cccc(C)c2)c1C.